The van der Waals surface area contributed by atoms with E-state index in [2.05, 4.69) is 26.5 Å². The zero-order chi connectivity index (χ0) is 15.3. The predicted octanol–water partition coefficient (Wildman–Crippen LogP) is 1.25. The van der Waals surface area contributed by atoms with Crippen molar-refractivity contribution in [3.05, 3.63) is 41.7 Å². The van der Waals surface area contributed by atoms with E-state index in [1.54, 1.807) is 19.1 Å². The summed E-state index contributed by atoms with van der Waals surface area (Å²) in [4.78, 5) is 6.64. The van der Waals surface area contributed by atoms with Crippen molar-refractivity contribution in [1.29, 1.82) is 0 Å². The third kappa shape index (κ3) is 3.84. The Hall–Kier alpha value is -2.30. The molecule has 1 aromatic carbocycles. The Labute approximate surface area is 123 Å². The lowest BCUT2D eigenvalue weighted by molar-refractivity contribution is 0.305. The van der Waals surface area contributed by atoms with Gasteiger partial charge in [-0.2, -0.15) is 0 Å². The first-order chi connectivity index (χ1) is 10.0. The number of aromatic amines is 1. The highest BCUT2D eigenvalue weighted by atomic mass is 32.2. The molecule has 7 heteroatoms. The fourth-order valence-corrected chi connectivity index (χ4v) is 2.73. The lowest BCUT2D eigenvalue weighted by Gasteiger charge is -2.07. The minimum atomic E-state index is -3.68. The van der Waals surface area contributed by atoms with Crippen LogP contribution in [-0.4, -0.2) is 30.1 Å². The van der Waals surface area contributed by atoms with E-state index in [-0.39, 0.29) is 17.5 Å². The predicted molar refractivity (Wildman–Crippen MR) is 79.2 cm³/mol. The minimum absolute atomic E-state index is 0.00553. The van der Waals surface area contributed by atoms with Crippen molar-refractivity contribution in [2.75, 3.05) is 11.3 Å². The molecule has 0 aliphatic carbocycles. The maximum absolute atomic E-state index is 12.2. The molecule has 0 radical (unpaired) electrons. The van der Waals surface area contributed by atoms with Crippen molar-refractivity contribution in [2.45, 2.75) is 18.2 Å². The summed E-state index contributed by atoms with van der Waals surface area (Å²) < 4.78 is 26.7. The summed E-state index contributed by atoms with van der Waals surface area (Å²) in [5.41, 5.74) is 1.49. The Bertz CT molecular complexity index is 772. The van der Waals surface area contributed by atoms with Crippen LogP contribution in [0.4, 0.5) is 5.95 Å². The van der Waals surface area contributed by atoms with Gasteiger partial charge in [0, 0.05) is 24.4 Å². The topological polar surface area (TPSA) is 95.1 Å². The number of benzene rings is 1. The zero-order valence-corrected chi connectivity index (χ0v) is 12.2. The molecule has 0 bridgehead atoms. The molecule has 1 aromatic heterocycles. The molecule has 6 nitrogen and oxygen atoms in total. The summed E-state index contributed by atoms with van der Waals surface area (Å²) in [5.74, 6) is 5.87. The Balaban J connectivity index is 2.25. The molecule has 0 spiro atoms. The SMILES string of the molecule is Cc1cc(S(=O)(=O)Nc2ncc[nH]2)ccc1C#CCCO. The highest BCUT2D eigenvalue weighted by Gasteiger charge is 2.16. The number of aromatic nitrogens is 2. The molecule has 0 fully saturated rings. The first-order valence-corrected chi connectivity index (χ1v) is 7.74. The van der Waals surface area contributed by atoms with Crippen molar-refractivity contribution in [3.63, 3.8) is 0 Å². The maximum atomic E-state index is 12.2. The number of sulfonamides is 1. The molecule has 0 aliphatic heterocycles. The van der Waals surface area contributed by atoms with Crippen molar-refractivity contribution in [2.24, 2.45) is 0 Å². The molecule has 2 rings (SSSR count). The first kappa shape index (κ1) is 15.1. The molecule has 1 heterocycles. The van der Waals surface area contributed by atoms with Crippen LogP contribution in [0.3, 0.4) is 0 Å². The van der Waals surface area contributed by atoms with Gasteiger partial charge in [0.05, 0.1) is 11.5 Å². The first-order valence-electron chi connectivity index (χ1n) is 6.25. The van der Waals surface area contributed by atoms with Crippen LogP contribution in [-0.2, 0) is 10.0 Å². The second kappa shape index (κ2) is 6.43. The quantitative estimate of drug-likeness (QED) is 0.741. The van der Waals surface area contributed by atoms with Gasteiger partial charge >= 0.3 is 0 Å². The van der Waals surface area contributed by atoms with E-state index in [9.17, 15) is 8.42 Å². The summed E-state index contributed by atoms with van der Waals surface area (Å²) in [5, 5.41) is 8.69. The Morgan fingerprint density at radius 1 is 1.43 bits per heavy atom. The van der Waals surface area contributed by atoms with Gasteiger partial charge in [-0.3, -0.25) is 0 Å². The van der Waals surface area contributed by atoms with E-state index in [1.807, 2.05) is 0 Å². The smallest absolute Gasteiger partial charge is 0.264 e. The summed E-state index contributed by atoms with van der Waals surface area (Å²) in [6.07, 6.45) is 3.38. The standard InChI is InChI=1S/C14H15N3O3S/c1-11-10-13(6-5-12(11)4-2-3-9-18)21(19,20)17-14-15-7-8-16-14/h5-8,10,18H,3,9H2,1H3,(H2,15,16,17). The fraction of sp³-hybridized carbons (Fsp3) is 0.214. The van der Waals surface area contributed by atoms with Crippen LogP contribution in [0.1, 0.15) is 17.5 Å². The number of aryl methyl sites for hydroxylation is 1. The summed E-state index contributed by atoms with van der Waals surface area (Å²) in [6, 6.07) is 4.69. The number of nitrogens with zero attached hydrogens (tertiary/aromatic N) is 1. The van der Waals surface area contributed by atoms with Gasteiger partial charge in [-0.05, 0) is 30.7 Å². The van der Waals surface area contributed by atoms with Crippen molar-refractivity contribution >= 4 is 16.0 Å². The van der Waals surface area contributed by atoms with Gasteiger partial charge in [-0.1, -0.05) is 11.8 Å². The molecule has 0 unspecified atom stereocenters. The van der Waals surface area contributed by atoms with Crippen LogP contribution in [0.5, 0.6) is 0 Å². The Morgan fingerprint density at radius 2 is 2.24 bits per heavy atom. The molecule has 3 N–H and O–H groups in total. The van der Waals surface area contributed by atoms with Crippen LogP contribution in [0.2, 0.25) is 0 Å². The van der Waals surface area contributed by atoms with Gasteiger partial charge in [-0.25, -0.2) is 18.1 Å². The second-order valence-electron chi connectivity index (χ2n) is 4.30. The number of aliphatic hydroxyl groups excluding tert-OH is 1. The monoisotopic (exact) mass is 305 g/mol. The van der Waals surface area contributed by atoms with Crippen molar-refractivity contribution < 1.29 is 13.5 Å². The lowest BCUT2D eigenvalue weighted by atomic mass is 10.1. The van der Waals surface area contributed by atoms with Crippen LogP contribution in [0, 0.1) is 18.8 Å². The summed E-state index contributed by atoms with van der Waals surface area (Å²) >= 11 is 0. The van der Waals surface area contributed by atoms with Gasteiger partial charge in [-0.15, -0.1) is 0 Å². The molecule has 0 atom stereocenters. The highest BCUT2D eigenvalue weighted by molar-refractivity contribution is 7.92. The summed E-state index contributed by atoms with van der Waals surface area (Å²) in [7, 11) is -3.68. The van der Waals surface area contributed by atoms with E-state index < -0.39 is 10.0 Å². The molecule has 0 amide bonds. The number of imidazole rings is 1. The van der Waals surface area contributed by atoms with Crippen LogP contribution in [0.15, 0.2) is 35.5 Å². The number of H-pyrrole nitrogens is 1. The number of hydrogen-bond donors (Lipinski definition) is 3. The molecule has 110 valence electrons. The molecular formula is C14H15N3O3S. The second-order valence-corrected chi connectivity index (χ2v) is 5.98. The molecule has 0 saturated carbocycles. The van der Waals surface area contributed by atoms with Gasteiger partial charge < -0.3 is 10.1 Å². The van der Waals surface area contributed by atoms with Crippen LogP contribution < -0.4 is 4.72 Å². The maximum Gasteiger partial charge on any atom is 0.264 e. The Kier molecular flexibility index (Phi) is 4.62. The molecule has 0 saturated heterocycles. The van der Waals surface area contributed by atoms with Gasteiger partial charge in [0.15, 0.2) is 0 Å². The van der Waals surface area contributed by atoms with Gasteiger partial charge in [0.25, 0.3) is 10.0 Å². The van der Waals surface area contributed by atoms with E-state index in [1.165, 1.54) is 18.5 Å². The average molecular weight is 305 g/mol. The van der Waals surface area contributed by atoms with Gasteiger partial charge in [0.2, 0.25) is 5.95 Å². The normalized spacial score (nSPS) is 10.8. The minimum Gasteiger partial charge on any atom is -0.395 e. The number of aliphatic hydroxyl groups is 1. The largest absolute Gasteiger partial charge is 0.395 e. The lowest BCUT2D eigenvalue weighted by Crippen LogP contribution is -2.14. The number of hydrogen-bond acceptors (Lipinski definition) is 4. The third-order valence-electron chi connectivity index (χ3n) is 2.70. The molecule has 21 heavy (non-hydrogen) atoms. The summed E-state index contributed by atoms with van der Waals surface area (Å²) in [6.45, 7) is 1.79. The third-order valence-corrected chi connectivity index (χ3v) is 4.03. The number of rotatable bonds is 4. The van der Waals surface area contributed by atoms with E-state index in [0.717, 1.165) is 11.1 Å². The average Bonchev–Trinajstić information content (AvgIpc) is 2.93. The molecule has 2 aromatic rings. The highest BCUT2D eigenvalue weighted by Crippen LogP contribution is 2.17. The number of anilines is 1. The molecular weight excluding hydrogens is 290 g/mol. The van der Waals surface area contributed by atoms with Crippen molar-refractivity contribution in [3.8, 4) is 11.8 Å². The van der Waals surface area contributed by atoms with E-state index in [4.69, 9.17) is 5.11 Å². The Morgan fingerprint density at radius 3 is 2.86 bits per heavy atom. The molecule has 0 aliphatic rings. The van der Waals surface area contributed by atoms with Crippen LogP contribution >= 0.6 is 0 Å². The van der Waals surface area contributed by atoms with Gasteiger partial charge in [0.1, 0.15) is 0 Å². The number of nitrogens with one attached hydrogen (secondary N) is 2. The van der Waals surface area contributed by atoms with E-state index in [0.29, 0.717) is 6.42 Å². The van der Waals surface area contributed by atoms with Crippen molar-refractivity contribution in [1.82, 2.24) is 9.97 Å². The fourth-order valence-electron chi connectivity index (χ4n) is 1.66. The van der Waals surface area contributed by atoms with E-state index >= 15 is 0 Å². The van der Waals surface area contributed by atoms with Crippen LogP contribution in [0.25, 0.3) is 0 Å². The zero-order valence-electron chi connectivity index (χ0n) is 11.4.